The summed E-state index contributed by atoms with van der Waals surface area (Å²) in [5.41, 5.74) is 0.824. The van der Waals surface area contributed by atoms with Gasteiger partial charge in [-0.25, -0.2) is 4.79 Å². The van der Waals surface area contributed by atoms with Gasteiger partial charge in [0.1, 0.15) is 17.3 Å². The van der Waals surface area contributed by atoms with Gasteiger partial charge in [0.25, 0.3) is 0 Å². The van der Waals surface area contributed by atoms with E-state index in [4.69, 9.17) is 18.9 Å². The predicted molar refractivity (Wildman–Crippen MR) is 114 cm³/mol. The SMILES string of the molecule is CCOC(OCC)C1C(=O)c2ccc(C)cc2OC12CCN(C(=O)OCC1CC1)CC2. The summed E-state index contributed by atoms with van der Waals surface area (Å²) in [6.45, 7) is 8.08. The second-order valence-corrected chi connectivity index (χ2v) is 8.79. The minimum Gasteiger partial charge on any atom is -0.485 e. The molecule has 1 amide bonds. The van der Waals surface area contributed by atoms with Gasteiger partial charge in [-0.2, -0.15) is 0 Å². The van der Waals surface area contributed by atoms with E-state index in [0.717, 1.165) is 18.4 Å². The Morgan fingerprint density at radius 3 is 2.48 bits per heavy atom. The summed E-state index contributed by atoms with van der Waals surface area (Å²) in [6, 6.07) is 5.66. The van der Waals surface area contributed by atoms with Gasteiger partial charge in [-0.15, -0.1) is 0 Å². The van der Waals surface area contributed by atoms with Gasteiger partial charge < -0.3 is 23.8 Å². The van der Waals surface area contributed by atoms with Gasteiger partial charge in [-0.1, -0.05) is 6.07 Å². The molecule has 2 fully saturated rings. The van der Waals surface area contributed by atoms with Crippen molar-refractivity contribution < 1.29 is 28.5 Å². The molecule has 2 heterocycles. The van der Waals surface area contributed by atoms with Gasteiger partial charge in [-0.05, 0) is 57.2 Å². The third kappa shape index (κ3) is 4.58. The second-order valence-electron chi connectivity index (χ2n) is 8.79. The molecule has 1 aliphatic carbocycles. The molecule has 1 aromatic rings. The number of hydrogen-bond donors (Lipinski definition) is 0. The minimum absolute atomic E-state index is 0.0158. The van der Waals surface area contributed by atoms with Gasteiger partial charge in [0.2, 0.25) is 0 Å². The quantitative estimate of drug-likeness (QED) is 0.608. The Morgan fingerprint density at radius 2 is 1.87 bits per heavy atom. The Kier molecular flexibility index (Phi) is 6.53. The van der Waals surface area contributed by atoms with Crippen molar-refractivity contribution in [3.05, 3.63) is 29.3 Å². The van der Waals surface area contributed by atoms with E-state index in [-0.39, 0.29) is 11.9 Å². The summed E-state index contributed by atoms with van der Waals surface area (Å²) in [5, 5.41) is 0. The van der Waals surface area contributed by atoms with Crippen molar-refractivity contribution in [3.8, 4) is 5.75 Å². The molecule has 1 aromatic carbocycles. The average molecular weight is 432 g/mol. The van der Waals surface area contributed by atoms with E-state index < -0.39 is 17.8 Å². The minimum atomic E-state index is -0.778. The van der Waals surface area contributed by atoms with Crippen LogP contribution >= 0.6 is 0 Å². The number of nitrogens with zero attached hydrogens (tertiary/aromatic N) is 1. The van der Waals surface area contributed by atoms with Crippen molar-refractivity contribution in [3.63, 3.8) is 0 Å². The van der Waals surface area contributed by atoms with Crippen LogP contribution in [0.1, 0.15) is 55.5 Å². The van der Waals surface area contributed by atoms with Crippen molar-refractivity contribution in [1.29, 1.82) is 0 Å². The number of ketones is 1. The summed E-state index contributed by atoms with van der Waals surface area (Å²) < 4.78 is 23.8. The first-order valence-electron chi connectivity index (χ1n) is 11.5. The largest absolute Gasteiger partial charge is 0.485 e. The maximum atomic E-state index is 13.6. The Labute approximate surface area is 184 Å². The third-order valence-electron chi connectivity index (χ3n) is 6.51. The van der Waals surface area contributed by atoms with E-state index in [1.807, 2.05) is 39.0 Å². The first kappa shape index (κ1) is 22.1. The van der Waals surface area contributed by atoms with Crippen molar-refractivity contribution in [2.45, 2.75) is 58.3 Å². The van der Waals surface area contributed by atoms with Crippen LogP contribution in [0.3, 0.4) is 0 Å². The summed E-state index contributed by atoms with van der Waals surface area (Å²) in [7, 11) is 0. The lowest BCUT2D eigenvalue weighted by Gasteiger charge is -2.49. The first-order chi connectivity index (χ1) is 15.0. The standard InChI is InChI=1S/C24H33NO6/c1-4-28-22(29-5-2)20-21(26)18-9-6-16(3)14-19(18)31-24(20)10-12-25(13-11-24)23(27)30-15-17-7-8-17/h6,9,14,17,20,22H,4-5,7-8,10-13,15H2,1-3H3. The molecule has 3 aliphatic rings. The zero-order valence-corrected chi connectivity index (χ0v) is 18.7. The van der Waals surface area contributed by atoms with Crippen molar-refractivity contribution in [2.75, 3.05) is 32.9 Å². The van der Waals surface area contributed by atoms with E-state index in [1.54, 1.807) is 4.90 Å². The number of ether oxygens (including phenoxy) is 4. The molecule has 31 heavy (non-hydrogen) atoms. The monoisotopic (exact) mass is 431 g/mol. The number of hydrogen-bond acceptors (Lipinski definition) is 6. The van der Waals surface area contributed by atoms with E-state index in [9.17, 15) is 9.59 Å². The summed E-state index contributed by atoms with van der Waals surface area (Å²) in [5.74, 6) is 0.532. The highest BCUT2D eigenvalue weighted by atomic mass is 16.7. The van der Waals surface area contributed by atoms with Crippen LogP contribution in [0.5, 0.6) is 5.75 Å². The number of piperidine rings is 1. The van der Waals surface area contributed by atoms with Crippen LogP contribution in [0.25, 0.3) is 0 Å². The highest BCUT2D eigenvalue weighted by molar-refractivity contribution is 6.02. The topological polar surface area (TPSA) is 74.3 Å². The van der Waals surface area contributed by atoms with Crippen LogP contribution in [0, 0.1) is 18.8 Å². The maximum Gasteiger partial charge on any atom is 0.409 e. The van der Waals surface area contributed by atoms with Gasteiger partial charge in [0.05, 0.1) is 12.2 Å². The number of carbonyl (C=O) groups is 2. The van der Waals surface area contributed by atoms with Crippen LogP contribution in [-0.4, -0.2) is 61.6 Å². The lowest BCUT2D eigenvalue weighted by Crippen LogP contribution is -2.61. The average Bonchev–Trinajstić information content (AvgIpc) is 3.57. The number of carbonyl (C=O) groups excluding carboxylic acids is 2. The fourth-order valence-corrected chi connectivity index (χ4v) is 4.59. The maximum absolute atomic E-state index is 13.6. The van der Waals surface area contributed by atoms with E-state index in [1.165, 1.54) is 0 Å². The highest BCUT2D eigenvalue weighted by Crippen LogP contribution is 2.45. The molecule has 0 bridgehead atoms. The van der Waals surface area contributed by atoms with Gasteiger partial charge in [0, 0.05) is 39.1 Å². The van der Waals surface area contributed by atoms with E-state index in [2.05, 4.69) is 0 Å². The number of rotatable bonds is 7. The number of Topliss-reactive ketones (excluding diaryl/α,β-unsaturated/α-hetero) is 1. The van der Waals surface area contributed by atoms with Gasteiger partial charge >= 0.3 is 6.09 Å². The van der Waals surface area contributed by atoms with Crippen LogP contribution in [0.2, 0.25) is 0 Å². The molecular formula is C24H33NO6. The molecule has 7 nitrogen and oxygen atoms in total. The molecule has 4 rings (SSSR count). The number of likely N-dealkylation sites (tertiary alicyclic amines) is 1. The summed E-state index contributed by atoms with van der Waals surface area (Å²) >= 11 is 0. The molecule has 0 aromatic heterocycles. The van der Waals surface area contributed by atoms with Crippen LogP contribution in [-0.2, 0) is 14.2 Å². The summed E-state index contributed by atoms with van der Waals surface area (Å²) in [4.78, 5) is 27.8. The number of fused-ring (bicyclic) bond motifs is 1. The summed E-state index contributed by atoms with van der Waals surface area (Å²) in [6.07, 6.45) is 2.36. The molecule has 1 saturated heterocycles. The fourth-order valence-electron chi connectivity index (χ4n) is 4.59. The predicted octanol–water partition coefficient (Wildman–Crippen LogP) is 3.97. The number of benzene rings is 1. The van der Waals surface area contributed by atoms with Crippen molar-refractivity contribution in [1.82, 2.24) is 4.90 Å². The Morgan fingerprint density at radius 1 is 1.19 bits per heavy atom. The second kappa shape index (κ2) is 9.17. The van der Waals surface area contributed by atoms with Crippen molar-refractivity contribution >= 4 is 11.9 Å². The fraction of sp³-hybridized carbons (Fsp3) is 0.667. The Balaban J connectivity index is 1.58. The molecule has 1 unspecified atom stereocenters. The normalized spacial score (nSPS) is 22.4. The van der Waals surface area contributed by atoms with Crippen LogP contribution in [0.4, 0.5) is 4.79 Å². The lowest BCUT2D eigenvalue weighted by atomic mass is 9.73. The molecule has 170 valence electrons. The zero-order valence-electron chi connectivity index (χ0n) is 18.7. The molecule has 1 atom stereocenters. The Hall–Kier alpha value is -2.12. The van der Waals surface area contributed by atoms with E-state index >= 15 is 0 Å². The van der Waals surface area contributed by atoms with E-state index in [0.29, 0.717) is 63.0 Å². The molecular weight excluding hydrogens is 398 g/mol. The molecule has 7 heteroatoms. The van der Waals surface area contributed by atoms with Gasteiger partial charge in [-0.3, -0.25) is 4.79 Å². The van der Waals surface area contributed by atoms with Crippen LogP contribution in [0.15, 0.2) is 18.2 Å². The highest BCUT2D eigenvalue weighted by Gasteiger charge is 2.55. The third-order valence-corrected chi connectivity index (χ3v) is 6.51. The molecule has 2 aliphatic heterocycles. The smallest absolute Gasteiger partial charge is 0.409 e. The van der Waals surface area contributed by atoms with Crippen molar-refractivity contribution in [2.24, 2.45) is 11.8 Å². The molecule has 1 saturated carbocycles. The lowest BCUT2D eigenvalue weighted by molar-refractivity contribution is -0.198. The number of aryl methyl sites for hydroxylation is 1. The molecule has 0 radical (unpaired) electrons. The Bertz CT molecular complexity index is 806. The zero-order chi connectivity index (χ0) is 22.0. The molecule has 0 N–H and O–H groups in total. The van der Waals surface area contributed by atoms with Crippen LogP contribution < -0.4 is 4.74 Å². The number of amides is 1. The molecule has 1 spiro atoms. The first-order valence-corrected chi connectivity index (χ1v) is 11.5. The van der Waals surface area contributed by atoms with Gasteiger partial charge in [0.15, 0.2) is 12.1 Å².